The zero-order valence-corrected chi connectivity index (χ0v) is 13.5. The molecule has 1 fully saturated rings. The Morgan fingerprint density at radius 2 is 2.26 bits per heavy atom. The van der Waals surface area contributed by atoms with E-state index >= 15 is 0 Å². The van der Waals surface area contributed by atoms with E-state index < -0.39 is 0 Å². The number of rotatable bonds is 5. The van der Waals surface area contributed by atoms with Crippen LogP contribution in [-0.4, -0.2) is 29.0 Å². The molecule has 1 aromatic heterocycles. The van der Waals surface area contributed by atoms with Gasteiger partial charge < -0.3 is 10.2 Å². The molecule has 1 amide bonds. The fourth-order valence-corrected chi connectivity index (χ4v) is 3.24. The van der Waals surface area contributed by atoms with Crippen molar-refractivity contribution in [2.24, 2.45) is 5.92 Å². The predicted octanol–water partition coefficient (Wildman–Crippen LogP) is 1.90. The highest BCUT2D eigenvalue weighted by molar-refractivity contribution is 5.76. The van der Waals surface area contributed by atoms with E-state index in [1.54, 1.807) is 0 Å². The van der Waals surface area contributed by atoms with Crippen LogP contribution in [0.15, 0.2) is 23.0 Å². The Kier molecular flexibility index (Phi) is 4.79. The first-order valence-corrected chi connectivity index (χ1v) is 8.44. The average molecular weight is 316 g/mol. The number of hydrogen-bond donors (Lipinski definition) is 2. The van der Waals surface area contributed by atoms with Crippen molar-refractivity contribution < 1.29 is 4.79 Å². The normalized spacial score (nSPS) is 21.6. The van der Waals surface area contributed by atoms with Crippen molar-refractivity contribution in [2.45, 2.75) is 45.1 Å². The number of allylic oxidation sites excluding steroid dienone is 2. The number of carbonyl (C=O) groups excluding carboxylic acids is 1. The Balaban J connectivity index is 1.66. The summed E-state index contributed by atoms with van der Waals surface area (Å²) in [6, 6.07) is 1.21. The molecule has 0 spiro atoms. The van der Waals surface area contributed by atoms with Crippen LogP contribution in [0.4, 0.5) is 5.95 Å². The lowest BCUT2D eigenvalue weighted by atomic mass is 10.0. The van der Waals surface area contributed by atoms with E-state index in [0.717, 1.165) is 38.8 Å². The molecule has 0 radical (unpaired) electrons. The van der Waals surface area contributed by atoms with Gasteiger partial charge in [0.25, 0.3) is 5.56 Å². The fraction of sp³-hybridized carbons (Fsp3) is 0.588. The first-order chi connectivity index (χ1) is 11.1. The minimum absolute atomic E-state index is 0.0128. The van der Waals surface area contributed by atoms with Crippen molar-refractivity contribution in [3.05, 3.63) is 34.3 Å². The van der Waals surface area contributed by atoms with Crippen LogP contribution in [0.2, 0.25) is 0 Å². The van der Waals surface area contributed by atoms with Gasteiger partial charge in [-0.05, 0) is 38.5 Å². The molecular formula is C17H24N4O2. The molecule has 1 aromatic rings. The van der Waals surface area contributed by atoms with Crippen molar-refractivity contribution in [3.8, 4) is 0 Å². The van der Waals surface area contributed by atoms with Gasteiger partial charge in [0, 0.05) is 25.6 Å². The molecule has 3 rings (SSSR count). The topological polar surface area (TPSA) is 78.1 Å². The fourth-order valence-electron chi connectivity index (χ4n) is 3.24. The third kappa shape index (κ3) is 4.00. The van der Waals surface area contributed by atoms with Crippen LogP contribution >= 0.6 is 0 Å². The summed E-state index contributed by atoms with van der Waals surface area (Å²) in [4.78, 5) is 33.5. The Morgan fingerprint density at radius 1 is 1.48 bits per heavy atom. The van der Waals surface area contributed by atoms with E-state index in [1.807, 2.05) is 6.92 Å². The van der Waals surface area contributed by atoms with Gasteiger partial charge in [0.1, 0.15) is 0 Å². The zero-order valence-electron chi connectivity index (χ0n) is 13.5. The molecule has 6 nitrogen and oxygen atoms in total. The van der Waals surface area contributed by atoms with Crippen molar-refractivity contribution in [2.75, 3.05) is 18.0 Å². The van der Waals surface area contributed by atoms with Gasteiger partial charge in [-0.25, -0.2) is 4.98 Å². The molecular weight excluding hydrogens is 292 g/mol. The van der Waals surface area contributed by atoms with E-state index in [9.17, 15) is 9.59 Å². The van der Waals surface area contributed by atoms with Crippen LogP contribution in [-0.2, 0) is 4.79 Å². The second-order valence-electron chi connectivity index (χ2n) is 6.45. The Hall–Kier alpha value is -2.11. The van der Waals surface area contributed by atoms with E-state index in [-0.39, 0.29) is 17.5 Å². The molecule has 1 saturated heterocycles. The summed E-state index contributed by atoms with van der Waals surface area (Å²) in [5.41, 5.74) is 0.447. The number of carbonyl (C=O) groups is 1. The molecule has 2 heterocycles. The van der Waals surface area contributed by atoms with Crippen LogP contribution < -0.4 is 15.8 Å². The van der Waals surface area contributed by atoms with Gasteiger partial charge in [-0.1, -0.05) is 12.2 Å². The number of amides is 1. The molecule has 1 aliphatic carbocycles. The molecule has 0 bridgehead atoms. The quantitative estimate of drug-likeness (QED) is 0.813. The Labute approximate surface area is 136 Å². The van der Waals surface area contributed by atoms with Crippen molar-refractivity contribution >= 4 is 11.9 Å². The van der Waals surface area contributed by atoms with E-state index in [2.05, 4.69) is 32.3 Å². The maximum Gasteiger partial charge on any atom is 0.252 e. The SMILES string of the molecule is CC(NC(=O)CC1C=CCC1)c1cc(=O)[nH]c(N2CCCC2)n1. The standard InChI is InChI=1S/C17H24N4O2/c1-12(18-15(22)10-13-6-2-3-7-13)14-11-16(23)20-17(19-14)21-8-4-5-9-21/h2,6,11-13H,3-5,7-10H2,1H3,(H,18,22)(H,19,20,23). The zero-order chi connectivity index (χ0) is 16.2. The maximum absolute atomic E-state index is 12.1. The molecule has 2 N–H and O–H groups in total. The number of hydrogen-bond acceptors (Lipinski definition) is 4. The lowest BCUT2D eigenvalue weighted by Gasteiger charge is -2.19. The number of H-pyrrole nitrogens is 1. The highest BCUT2D eigenvalue weighted by Gasteiger charge is 2.19. The highest BCUT2D eigenvalue weighted by atomic mass is 16.1. The summed E-state index contributed by atoms with van der Waals surface area (Å²) in [7, 11) is 0. The van der Waals surface area contributed by atoms with Crippen LogP contribution in [0.1, 0.15) is 50.8 Å². The monoisotopic (exact) mass is 316 g/mol. The van der Waals surface area contributed by atoms with Gasteiger partial charge >= 0.3 is 0 Å². The van der Waals surface area contributed by atoms with E-state index in [4.69, 9.17) is 0 Å². The summed E-state index contributed by atoms with van der Waals surface area (Å²) >= 11 is 0. The summed E-state index contributed by atoms with van der Waals surface area (Å²) in [6.07, 6.45) is 9.09. The third-order valence-corrected chi connectivity index (χ3v) is 4.54. The second kappa shape index (κ2) is 6.98. The minimum Gasteiger partial charge on any atom is -0.348 e. The van der Waals surface area contributed by atoms with E-state index in [1.165, 1.54) is 6.07 Å². The van der Waals surface area contributed by atoms with Gasteiger partial charge in [0.15, 0.2) is 0 Å². The first kappa shape index (κ1) is 15.8. The van der Waals surface area contributed by atoms with Gasteiger partial charge in [-0.3, -0.25) is 14.6 Å². The molecule has 1 aliphatic heterocycles. The van der Waals surface area contributed by atoms with Crippen molar-refractivity contribution in [3.63, 3.8) is 0 Å². The van der Waals surface area contributed by atoms with Crippen molar-refractivity contribution in [1.82, 2.24) is 15.3 Å². The molecule has 0 aromatic carbocycles. The molecule has 124 valence electrons. The molecule has 2 unspecified atom stereocenters. The molecule has 2 atom stereocenters. The minimum atomic E-state index is -0.267. The summed E-state index contributed by atoms with van der Waals surface area (Å²) in [5, 5.41) is 2.96. The number of aromatic amines is 1. The Morgan fingerprint density at radius 3 is 2.96 bits per heavy atom. The third-order valence-electron chi connectivity index (χ3n) is 4.54. The summed E-state index contributed by atoms with van der Waals surface area (Å²) in [6.45, 7) is 3.71. The average Bonchev–Trinajstić information content (AvgIpc) is 3.19. The van der Waals surface area contributed by atoms with Crippen LogP contribution in [0.25, 0.3) is 0 Å². The molecule has 6 heteroatoms. The summed E-state index contributed by atoms with van der Waals surface area (Å²) in [5.74, 6) is 0.971. The smallest absolute Gasteiger partial charge is 0.252 e. The first-order valence-electron chi connectivity index (χ1n) is 8.44. The maximum atomic E-state index is 12.1. The second-order valence-corrected chi connectivity index (χ2v) is 6.45. The van der Waals surface area contributed by atoms with Crippen LogP contribution in [0.3, 0.4) is 0 Å². The van der Waals surface area contributed by atoms with Gasteiger partial charge in [-0.2, -0.15) is 0 Å². The lowest BCUT2D eigenvalue weighted by Crippen LogP contribution is -2.31. The molecule has 0 saturated carbocycles. The van der Waals surface area contributed by atoms with Gasteiger partial charge in [-0.15, -0.1) is 0 Å². The number of anilines is 1. The predicted molar refractivity (Wildman–Crippen MR) is 89.3 cm³/mol. The van der Waals surface area contributed by atoms with Crippen LogP contribution in [0, 0.1) is 5.92 Å². The molecule has 2 aliphatic rings. The van der Waals surface area contributed by atoms with Gasteiger partial charge in [0.2, 0.25) is 11.9 Å². The lowest BCUT2D eigenvalue weighted by molar-refractivity contribution is -0.122. The number of nitrogens with zero attached hydrogens (tertiary/aromatic N) is 2. The number of nitrogens with one attached hydrogen (secondary N) is 2. The Bertz CT molecular complexity index is 646. The highest BCUT2D eigenvalue weighted by Crippen LogP contribution is 2.21. The van der Waals surface area contributed by atoms with Crippen LogP contribution in [0.5, 0.6) is 0 Å². The largest absolute Gasteiger partial charge is 0.348 e. The summed E-state index contributed by atoms with van der Waals surface area (Å²) < 4.78 is 0. The molecule has 23 heavy (non-hydrogen) atoms. The van der Waals surface area contributed by atoms with E-state index in [0.29, 0.717) is 24.0 Å². The van der Waals surface area contributed by atoms with Crippen molar-refractivity contribution in [1.29, 1.82) is 0 Å². The number of aromatic nitrogens is 2. The van der Waals surface area contributed by atoms with Gasteiger partial charge in [0.05, 0.1) is 11.7 Å².